The molecule has 3 nitrogen and oxygen atoms in total. The standard InChI is InChI=1S/C12H6Cl2FN3/c13-6-3-8(14)11-9(4-6)17-10-5-7(15)1-2-18(10)12(11)16/h1-5,16H. The van der Waals surface area contributed by atoms with Crippen LogP contribution in [0.2, 0.25) is 10.0 Å². The highest BCUT2D eigenvalue weighted by Gasteiger charge is 2.08. The highest BCUT2D eigenvalue weighted by atomic mass is 35.5. The maximum atomic E-state index is 13.2. The van der Waals surface area contributed by atoms with Crippen molar-refractivity contribution in [2.45, 2.75) is 0 Å². The Morgan fingerprint density at radius 3 is 2.78 bits per heavy atom. The Morgan fingerprint density at radius 1 is 1.22 bits per heavy atom. The van der Waals surface area contributed by atoms with Crippen LogP contribution in [0.1, 0.15) is 0 Å². The molecule has 0 bridgehead atoms. The van der Waals surface area contributed by atoms with Gasteiger partial charge in [0.15, 0.2) is 0 Å². The highest BCUT2D eigenvalue weighted by Crippen LogP contribution is 2.24. The van der Waals surface area contributed by atoms with Gasteiger partial charge in [-0.1, -0.05) is 23.2 Å². The number of fused-ring (bicyclic) bond motifs is 2. The fraction of sp³-hybridized carbons (Fsp3) is 0. The van der Waals surface area contributed by atoms with Gasteiger partial charge in [-0.3, -0.25) is 9.81 Å². The van der Waals surface area contributed by atoms with Crippen molar-refractivity contribution in [2.75, 3.05) is 0 Å². The molecular formula is C12H6Cl2FN3. The summed E-state index contributed by atoms with van der Waals surface area (Å²) in [6, 6.07) is 5.68. The van der Waals surface area contributed by atoms with E-state index in [4.69, 9.17) is 28.6 Å². The number of hydrogen-bond acceptors (Lipinski definition) is 2. The molecule has 1 N–H and O–H groups in total. The third-order valence-corrected chi connectivity index (χ3v) is 3.16. The molecule has 90 valence electrons. The SMILES string of the molecule is N=c1c2c(Cl)cc(Cl)cc2nc2cc(F)ccn12. The molecule has 0 aliphatic heterocycles. The molecule has 0 radical (unpaired) electrons. The lowest BCUT2D eigenvalue weighted by atomic mass is 10.2. The van der Waals surface area contributed by atoms with Crippen LogP contribution in [-0.4, -0.2) is 9.38 Å². The molecule has 3 rings (SSSR count). The summed E-state index contributed by atoms with van der Waals surface area (Å²) < 4.78 is 14.6. The van der Waals surface area contributed by atoms with Gasteiger partial charge >= 0.3 is 0 Å². The second kappa shape index (κ2) is 3.93. The average Bonchev–Trinajstić information content (AvgIpc) is 2.27. The largest absolute Gasteiger partial charge is 0.286 e. The molecule has 0 unspecified atom stereocenters. The lowest BCUT2D eigenvalue weighted by Crippen LogP contribution is -2.15. The van der Waals surface area contributed by atoms with Gasteiger partial charge < -0.3 is 0 Å². The van der Waals surface area contributed by atoms with E-state index in [-0.39, 0.29) is 5.49 Å². The smallest absolute Gasteiger partial charge is 0.141 e. The monoisotopic (exact) mass is 281 g/mol. The number of halogens is 3. The van der Waals surface area contributed by atoms with Crippen molar-refractivity contribution in [3.8, 4) is 0 Å². The summed E-state index contributed by atoms with van der Waals surface area (Å²) in [5.41, 5.74) is 0.964. The molecule has 18 heavy (non-hydrogen) atoms. The van der Waals surface area contributed by atoms with E-state index in [0.29, 0.717) is 26.6 Å². The van der Waals surface area contributed by atoms with E-state index in [9.17, 15) is 4.39 Å². The molecule has 2 aromatic heterocycles. The first kappa shape index (κ1) is 11.4. The first-order chi connectivity index (χ1) is 8.56. The average molecular weight is 282 g/mol. The number of hydrogen-bond donors (Lipinski definition) is 1. The molecule has 0 fully saturated rings. The normalized spacial score (nSPS) is 11.3. The second-order valence-corrected chi connectivity index (χ2v) is 4.66. The predicted octanol–water partition coefficient (Wildman–Crippen LogP) is 3.41. The Labute approximate surface area is 111 Å². The third-order valence-electron chi connectivity index (χ3n) is 2.64. The zero-order chi connectivity index (χ0) is 12.9. The molecule has 1 aromatic carbocycles. The van der Waals surface area contributed by atoms with Crippen LogP contribution >= 0.6 is 23.2 Å². The topological polar surface area (TPSA) is 41.2 Å². The summed E-state index contributed by atoms with van der Waals surface area (Å²) in [6.07, 6.45) is 1.45. The van der Waals surface area contributed by atoms with Gasteiger partial charge in [-0.05, 0) is 18.2 Å². The van der Waals surface area contributed by atoms with Gasteiger partial charge in [0.25, 0.3) is 0 Å². The van der Waals surface area contributed by atoms with E-state index in [1.54, 1.807) is 12.1 Å². The fourth-order valence-corrected chi connectivity index (χ4v) is 2.44. The maximum absolute atomic E-state index is 13.2. The van der Waals surface area contributed by atoms with Crippen LogP contribution in [0, 0.1) is 11.2 Å². The Hall–Kier alpha value is -1.65. The molecule has 0 amide bonds. The van der Waals surface area contributed by atoms with Crippen molar-refractivity contribution in [1.29, 1.82) is 5.41 Å². The molecule has 0 atom stereocenters. The molecule has 6 heteroatoms. The zero-order valence-electron chi connectivity index (χ0n) is 8.92. The van der Waals surface area contributed by atoms with Crippen LogP contribution in [0.4, 0.5) is 4.39 Å². The summed E-state index contributed by atoms with van der Waals surface area (Å²) >= 11 is 12.0. The molecule has 0 spiro atoms. The van der Waals surface area contributed by atoms with E-state index < -0.39 is 5.82 Å². The lowest BCUT2D eigenvalue weighted by Gasteiger charge is -2.06. The number of aromatic nitrogens is 2. The van der Waals surface area contributed by atoms with Crippen molar-refractivity contribution in [1.82, 2.24) is 9.38 Å². The van der Waals surface area contributed by atoms with Crippen molar-refractivity contribution >= 4 is 39.8 Å². The summed E-state index contributed by atoms with van der Waals surface area (Å²) in [6.45, 7) is 0. The highest BCUT2D eigenvalue weighted by molar-refractivity contribution is 6.38. The Kier molecular flexibility index (Phi) is 2.50. The summed E-state index contributed by atoms with van der Waals surface area (Å²) in [5, 5.41) is 9.36. The van der Waals surface area contributed by atoms with E-state index >= 15 is 0 Å². The number of pyridine rings is 1. The first-order valence-corrected chi connectivity index (χ1v) is 5.83. The van der Waals surface area contributed by atoms with Gasteiger partial charge in [-0.2, -0.15) is 0 Å². The predicted molar refractivity (Wildman–Crippen MR) is 68.5 cm³/mol. The van der Waals surface area contributed by atoms with Crippen molar-refractivity contribution in [3.05, 3.63) is 51.8 Å². The molecule has 0 aliphatic carbocycles. The minimum Gasteiger partial charge on any atom is -0.286 e. The van der Waals surface area contributed by atoms with Gasteiger partial charge in [0.1, 0.15) is 17.0 Å². The Balaban J connectivity index is 2.61. The molecule has 3 aromatic rings. The van der Waals surface area contributed by atoms with Crippen LogP contribution in [0.5, 0.6) is 0 Å². The summed E-state index contributed by atoms with van der Waals surface area (Å²) in [7, 11) is 0. The lowest BCUT2D eigenvalue weighted by molar-refractivity contribution is 0.625. The summed E-state index contributed by atoms with van der Waals surface area (Å²) in [4.78, 5) is 4.26. The molecule has 0 saturated heterocycles. The molecule has 0 aliphatic rings. The number of nitrogens with zero attached hydrogens (tertiary/aromatic N) is 2. The fourth-order valence-electron chi connectivity index (χ4n) is 1.86. The molecule has 0 saturated carbocycles. The van der Waals surface area contributed by atoms with Crippen molar-refractivity contribution < 1.29 is 4.39 Å². The van der Waals surface area contributed by atoms with Crippen molar-refractivity contribution in [2.24, 2.45) is 0 Å². The van der Waals surface area contributed by atoms with Gasteiger partial charge in [-0.15, -0.1) is 0 Å². The van der Waals surface area contributed by atoms with Crippen LogP contribution in [0.25, 0.3) is 16.6 Å². The van der Waals surface area contributed by atoms with E-state index in [2.05, 4.69) is 4.98 Å². The molecule has 2 heterocycles. The summed E-state index contributed by atoms with van der Waals surface area (Å²) in [5.74, 6) is -0.408. The zero-order valence-corrected chi connectivity index (χ0v) is 10.4. The van der Waals surface area contributed by atoms with Crippen LogP contribution in [-0.2, 0) is 0 Å². The van der Waals surface area contributed by atoms with Crippen LogP contribution in [0.3, 0.4) is 0 Å². The van der Waals surface area contributed by atoms with E-state index in [0.717, 1.165) is 0 Å². The number of nitrogens with one attached hydrogen (secondary N) is 1. The Morgan fingerprint density at radius 2 is 2.00 bits per heavy atom. The van der Waals surface area contributed by atoms with E-state index in [1.165, 1.54) is 22.7 Å². The van der Waals surface area contributed by atoms with Crippen LogP contribution < -0.4 is 5.49 Å². The number of benzene rings is 1. The van der Waals surface area contributed by atoms with Gasteiger partial charge in [0.05, 0.1) is 15.9 Å². The Bertz CT molecular complexity index is 842. The van der Waals surface area contributed by atoms with Gasteiger partial charge in [-0.25, -0.2) is 9.37 Å². The number of rotatable bonds is 0. The van der Waals surface area contributed by atoms with Crippen LogP contribution in [0.15, 0.2) is 30.5 Å². The quantitative estimate of drug-likeness (QED) is 0.631. The second-order valence-electron chi connectivity index (χ2n) is 3.82. The van der Waals surface area contributed by atoms with Gasteiger partial charge in [0.2, 0.25) is 0 Å². The minimum absolute atomic E-state index is 0.150. The minimum atomic E-state index is -0.408. The first-order valence-electron chi connectivity index (χ1n) is 5.07. The third kappa shape index (κ3) is 1.65. The molecular weight excluding hydrogens is 276 g/mol. The van der Waals surface area contributed by atoms with E-state index in [1.807, 2.05) is 0 Å². The maximum Gasteiger partial charge on any atom is 0.141 e. The van der Waals surface area contributed by atoms with Gasteiger partial charge in [0, 0.05) is 17.3 Å². The van der Waals surface area contributed by atoms with Crippen molar-refractivity contribution in [3.63, 3.8) is 0 Å².